The molecule has 11 nitrogen and oxygen atoms in total. The van der Waals surface area contributed by atoms with Gasteiger partial charge in [-0.15, -0.1) is 0 Å². The minimum Gasteiger partial charge on any atom is -0.502 e. The van der Waals surface area contributed by atoms with Gasteiger partial charge in [0.15, 0.2) is 29.3 Å². The molecule has 0 bridgehead atoms. The van der Waals surface area contributed by atoms with Crippen LogP contribution in [0, 0.1) is 11.8 Å². The number of carbonyl (C=O) groups is 1. The Kier molecular flexibility index (Phi) is 7.18. The third-order valence-electron chi connectivity index (χ3n) is 7.41. The summed E-state index contributed by atoms with van der Waals surface area (Å²) in [5, 5.41) is 27.5. The first kappa shape index (κ1) is 25.2. The van der Waals surface area contributed by atoms with Gasteiger partial charge >= 0.3 is 6.03 Å². The van der Waals surface area contributed by atoms with E-state index in [4.69, 9.17) is 29.4 Å². The highest BCUT2D eigenvalue weighted by Gasteiger charge is 2.52. The van der Waals surface area contributed by atoms with E-state index in [1.54, 1.807) is 12.1 Å². The Balaban J connectivity index is 1.59. The van der Waals surface area contributed by atoms with Crippen LogP contribution in [0.25, 0.3) is 0 Å². The molecule has 2 aromatic rings. The highest BCUT2D eigenvalue weighted by atomic mass is 16.7. The van der Waals surface area contributed by atoms with Gasteiger partial charge in [0.05, 0.1) is 26.9 Å². The number of nitrogens with one attached hydrogen (secondary N) is 2. The average molecular weight is 516 g/mol. The Labute approximate surface area is 214 Å². The largest absolute Gasteiger partial charge is 0.502 e. The molecule has 1 fully saturated rings. The van der Waals surface area contributed by atoms with Gasteiger partial charge in [0, 0.05) is 24.3 Å². The van der Waals surface area contributed by atoms with Crippen LogP contribution in [-0.4, -0.2) is 63.2 Å². The maximum absolute atomic E-state index is 12.9. The van der Waals surface area contributed by atoms with Crippen LogP contribution in [0.2, 0.25) is 0 Å². The number of fused-ring (bicyclic) bond motifs is 3. The van der Waals surface area contributed by atoms with Crippen LogP contribution in [0.1, 0.15) is 41.5 Å². The fraction of sp³-hybridized carbons (Fsp3) is 0.500. The Hall–Kier alpha value is -3.41. The van der Waals surface area contributed by atoms with Gasteiger partial charge in [0.1, 0.15) is 0 Å². The van der Waals surface area contributed by atoms with Crippen molar-refractivity contribution in [1.29, 1.82) is 0 Å². The molecule has 5 rings (SSSR count). The van der Waals surface area contributed by atoms with E-state index in [9.17, 15) is 15.0 Å². The summed E-state index contributed by atoms with van der Waals surface area (Å²) in [4.78, 5) is 12.9. The van der Waals surface area contributed by atoms with Crippen molar-refractivity contribution in [3.05, 3.63) is 41.0 Å². The number of methoxy groups -OCH3 is 2. The van der Waals surface area contributed by atoms with Crippen molar-refractivity contribution in [2.24, 2.45) is 17.6 Å². The average Bonchev–Trinajstić information content (AvgIpc) is 3.52. The molecule has 5 atom stereocenters. The van der Waals surface area contributed by atoms with Crippen molar-refractivity contribution >= 4 is 6.03 Å². The Morgan fingerprint density at radius 3 is 2.41 bits per heavy atom. The zero-order valence-electron chi connectivity index (χ0n) is 20.9. The van der Waals surface area contributed by atoms with Gasteiger partial charge < -0.3 is 50.3 Å². The van der Waals surface area contributed by atoms with Crippen molar-refractivity contribution in [1.82, 2.24) is 10.6 Å². The van der Waals surface area contributed by atoms with Gasteiger partial charge in [0.2, 0.25) is 12.5 Å². The molecule has 0 radical (unpaired) electrons. The van der Waals surface area contributed by atoms with E-state index >= 15 is 0 Å². The van der Waals surface area contributed by atoms with Crippen LogP contribution < -0.4 is 35.3 Å². The number of urea groups is 1. The number of phenols is 1. The number of aromatic hydroxyl groups is 1. The summed E-state index contributed by atoms with van der Waals surface area (Å²) >= 11 is 0. The number of ether oxygens (including phenoxy) is 5. The maximum Gasteiger partial charge on any atom is 0.315 e. The third-order valence-corrected chi connectivity index (χ3v) is 7.41. The molecule has 11 heteroatoms. The molecule has 2 amide bonds. The number of carbonyl (C=O) groups excluding carboxylic acids is 1. The van der Waals surface area contributed by atoms with Crippen LogP contribution in [0.5, 0.6) is 28.7 Å². The first-order chi connectivity index (χ1) is 18.0. The lowest BCUT2D eigenvalue weighted by atomic mass is 9.65. The molecular weight excluding hydrogens is 482 g/mol. The number of amides is 2. The summed E-state index contributed by atoms with van der Waals surface area (Å²) < 4.78 is 27.9. The molecule has 6 N–H and O–H groups in total. The zero-order chi connectivity index (χ0) is 26.1. The first-order valence-electron chi connectivity index (χ1n) is 12.4. The topological polar surface area (TPSA) is 154 Å². The van der Waals surface area contributed by atoms with Gasteiger partial charge in [-0.2, -0.15) is 0 Å². The summed E-state index contributed by atoms with van der Waals surface area (Å²) in [5.74, 6) is 0.534. The normalized spacial score (nSPS) is 25.2. The minimum atomic E-state index is -1.07. The highest BCUT2D eigenvalue weighted by Crippen LogP contribution is 2.56. The molecule has 2 aromatic carbocycles. The highest BCUT2D eigenvalue weighted by molar-refractivity contribution is 5.75. The van der Waals surface area contributed by atoms with E-state index in [0.29, 0.717) is 24.6 Å². The van der Waals surface area contributed by atoms with Crippen LogP contribution >= 0.6 is 0 Å². The molecule has 0 saturated carbocycles. The Morgan fingerprint density at radius 2 is 1.76 bits per heavy atom. The zero-order valence-corrected chi connectivity index (χ0v) is 20.9. The molecule has 2 heterocycles. The van der Waals surface area contributed by atoms with Gasteiger partial charge in [-0.05, 0) is 60.3 Å². The first-order valence-corrected chi connectivity index (χ1v) is 12.4. The lowest BCUT2D eigenvalue weighted by Crippen LogP contribution is -2.46. The van der Waals surface area contributed by atoms with E-state index < -0.39 is 18.2 Å². The minimum absolute atomic E-state index is 0.0993. The molecule has 0 spiro atoms. The van der Waals surface area contributed by atoms with Crippen LogP contribution in [0.4, 0.5) is 4.79 Å². The molecule has 1 saturated heterocycles. The fourth-order valence-electron chi connectivity index (χ4n) is 5.67. The van der Waals surface area contributed by atoms with Gasteiger partial charge in [-0.25, -0.2) is 4.79 Å². The van der Waals surface area contributed by atoms with Crippen molar-refractivity contribution in [3.8, 4) is 28.7 Å². The summed E-state index contributed by atoms with van der Waals surface area (Å²) in [6, 6.07) is 6.49. The number of nitrogens with two attached hydrogens (primary N) is 1. The molecule has 2 aliphatic heterocycles. The smallest absolute Gasteiger partial charge is 0.315 e. The lowest BCUT2D eigenvalue weighted by Gasteiger charge is -2.41. The molecule has 1 unspecified atom stereocenters. The predicted octanol–water partition coefficient (Wildman–Crippen LogP) is 1.94. The molecular formula is C26H33N3O8. The Bertz CT molecular complexity index is 1130. The fourth-order valence-corrected chi connectivity index (χ4v) is 5.67. The van der Waals surface area contributed by atoms with Gasteiger partial charge in [0.25, 0.3) is 0 Å². The number of rotatable bonds is 8. The predicted molar refractivity (Wildman–Crippen MR) is 132 cm³/mol. The number of aliphatic hydroxyl groups excluding tert-OH is 1. The lowest BCUT2D eigenvalue weighted by molar-refractivity contribution is -0.0855. The number of hydrogen-bond acceptors (Lipinski definition) is 9. The molecule has 37 heavy (non-hydrogen) atoms. The monoisotopic (exact) mass is 515 g/mol. The van der Waals surface area contributed by atoms with E-state index in [1.165, 1.54) is 14.2 Å². The third kappa shape index (κ3) is 4.58. The summed E-state index contributed by atoms with van der Waals surface area (Å²) in [7, 11) is 2.93. The number of unbranched alkanes of at least 4 members (excludes halogenated alkanes) is 1. The van der Waals surface area contributed by atoms with Crippen molar-refractivity contribution in [3.63, 3.8) is 0 Å². The van der Waals surface area contributed by atoms with Crippen molar-refractivity contribution in [2.75, 3.05) is 40.7 Å². The number of phenolic OH excluding ortho intramolecular Hbond substituents is 1. The van der Waals surface area contributed by atoms with E-state index in [2.05, 4.69) is 10.6 Å². The molecule has 1 aliphatic carbocycles. The summed E-state index contributed by atoms with van der Waals surface area (Å²) in [6.45, 7) is 1.43. The number of hydrogen-bond donors (Lipinski definition) is 5. The van der Waals surface area contributed by atoms with Crippen LogP contribution in [0.3, 0.4) is 0 Å². The maximum atomic E-state index is 12.9. The van der Waals surface area contributed by atoms with Crippen molar-refractivity contribution in [2.45, 2.75) is 31.1 Å². The summed E-state index contributed by atoms with van der Waals surface area (Å²) in [5.41, 5.74) is 8.00. The van der Waals surface area contributed by atoms with Crippen LogP contribution in [0.15, 0.2) is 24.3 Å². The van der Waals surface area contributed by atoms with Gasteiger partial charge in [-0.3, -0.25) is 0 Å². The number of aliphatic hydroxyl groups is 1. The SMILES string of the molecule is COc1cc([C@@H]2c3cc4c(cc3[C@@H](NC(=O)NCCCCN)[C@H]3COC(O)[C@H]23)OCO4)cc(OC)c1O. The second kappa shape index (κ2) is 10.5. The molecule has 0 aromatic heterocycles. The summed E-state index contributed by atoms with van der Waals surface area (Å²) in [6.07, 6.45) is 0.531. The molecule has 200 valence electrons. The standard InChI is InChI=1S/C26H33N3O8/c1-33-19-7-13(8-20(34-2)24(19)30)21-14-9-17-18(37-12-36-17)10-15(14)23(16-11-35-25(31)22(16)21)29-26(32)28-6-4-3-5-27/h7-10,16,21-23,25,30-31H,3-6,11-12,27H2,1-2H3,(H2,28,29,32)/t16-,21+,22-,23+,25?/m0/s1. The van der Waals surface area contributed by atoms with E-state index in [-0.39, 0.29) is 48.5 Å². The second-order valence-corrected chi connectivity index (χ2v) is 9.42. The van der Waals surface area contributed by atoms with Gasteiger partial charge in [-0.1, -0.05) is 0 Å². The number of benzene rings is 2. The molecule has 3 aliphatic rings. The Morgan fingerprint density at radius 1 is 1.08 bits per heavy atom. The van der Waals surface area contributed by atoms with E-state index in [0.717, 1.165) is 29.5 Å². The second-order valence-electron chi connectivity index (χ2n) is 9.42. The quantitative estimate of drug-likeness (QED) is 0.332. The van der Waals surface area contributed by atoms with Crippen LogP contribution in [-0.2, 0) is 4.74 Å². The van der Waals surface area contributed by atoms with E-state index in [1.807, 2.05) is 12.1 Å². The van der Waals surface area contributed by atoms with Crippen molar-refractivity contribution < 1.29 is 38.7 Å².